The number of carbonyl (C=O) groups excluding carboxylic acids is 1. The second kappa shape index (κ2) is 4.88. The van der Waals surface area contributed by atoms with Gasteiger partial charge in [-0.25, -0.2) is 0 Å². The third-order valence-electron chi connectivity index (χ3n) is 8.08. The van der Waals surface area contributed by atoms with E-state index in [4.69, 9.17) is 0 Å². The van der Waals surface area contributed by atoms with Crippen molar-refractivity contribution in [3.05, 3.63) is 35.4 Å². The summed E-state index contributed by atoms with van der Waals surface area (Å²) < 4.78 is 1.15. The van der Waals surface area contributed by atoms with E-state index >= 15 is 0 Å². The van der Waals surface area contributed by atoms with Crippen molar-refractivity contribution in [2.45, 2.75) is 44.2 Å². The molecule has 132 valence electrons. The third kappa shape index (κ3) is 1.60. The summed E-state index contributed by atoms with van der Waals surface area (Å²) in [5.74, 6) is 0.671. The molecule has 4 heteroatoms. The smallest absolute Gasteiger partial charge is 0.138 e. The molecule has 25 heavy (non-hydrogen) atoms. The lowest BCUT2D eigenvalue weighted by molar-refractivity contribution is -0.941. The lowest BCUT2D eigenvalue weighted by Crippen LogP contribution is -2.68. The summed E-state index contributed by atoms with van der Waals surface area (Å²) in [6.45, 7) is 7.85. The van der Waals surface area contributed by atoms with Crippen molar-refractivity contribution in [2.24, 2.45) is 11.8 Å². The number of carbonyl (C=O) groups is 1. The number of aldehydes is 1. The van der Waals surface area contributed by atoms with Gasteiger partial charge in [0.2, 0.25) is 0 Å². The number of phenols is 1. The van der Waals surface area contributed by atoms with E-state index in [1.54, 1.807) is 6.07 Å². The molecule has 5 rings (SSSR count). The standard InChI is InChI=1S/C21H26N2O2/c1-3-13-11-23(4-2)9-8-21-16-6-5-7-17(25)19(16)22-20(21)15(12-24)14(13)10-18(21)23/h3,5-7,12,14-15,18,20,22H,4,8-11H2,1-2H3/p+1/b13-3+/t14-,15+,18+,20+,21+,23-/m0/s1. The number of hydrogen-bond donors (Lipinski definition) is 2. The molecule has 4 nitrogen and oxygen atoms in total. The minimum absolute atomic E-state index is 0.00796. The first kappa shape index (κ1) is 15.4. The van der Waals surface area contributed by atoms with Crippen LogP contribution >= 0.6 is 0 Å². The Labute approximate surface area is 149 Å². The zero-order valence-corrected chi connectivity index (χ0v) is 15.0. The fraction of sp³-hybridized carbons (Fsp3) is 0.571. The van der Waals surface area contributed by atoms with Crippen LogP contribution in [0.25, 0.3) is 0 Å². The first-order chi connectivity index (χ1) is 12.1. The highest BCUT2D eigenvalue weighted by molar-refractivity contribution is 5.74. The van der Waals surface area contributed by atoms with Crippen molar-refractivity contribution in [1.29, 1.82) is 0 Å². The predicted molar refractivity (Wildman–Crippen MR) is 97.6 cm³/mol. The Balaban J connectivity index is 1.76. The van der Waals surface area contributed by atoms with E-state index in [2.05, 4.69) is 31.3 Å². The first-order valence-electron chi connectivity index (χ1n) is 9.66. The second-order valence-electron chi connectivity index (χ2n) is 8.46. The molecule has 1 aromatic carbocycles. The fourth-order valence-corrected chi connectivity index (χ4v) is 6.97. The molecule has 0 aromatic heterocycles. The van der Waals surface area contributed by atoms with Crippen LogP contribution in [-0.2, 0) is 10.2 Å². The molecule has 1 saturated carbocycles. The summed E-state index contributed by atoms with van der Waals surface area (Å²) in [6.07, 6.45) is 5.66. The summed E-state index contributed by atoms with van der Waals surface area (Å²) in [5.41, 5.74) is 3.59. The number of nitrogens with one attached hydrogen (secondary N) is 1. The van der Waals surface area contributed by atoms with E-state index < -0.39 is 0 Å². The minimum Gasteiger partial charge on any atom is -0.506 e. The lowest BCUT2D eigenvalue weighted by atomic mass is 9.55. The Morgan fingerprint density at radius 3 is 3.00 bits per heavy atom. The van der Waals surface area contributed by atoms with Gasteiger partial charge < -0.3 is 19.7 Å². The Kier molecular flexibility index (Phi) is 3.01. The normalized spacial score (nSPS) is 45.0. The molecule has 2 N–H and O–H groups in total. The van der Waals surface area contributed by atoms with Crippen LogP contribution in [-0.4, -0.2) is 47.6 Å². The van der Waals surface area contributed by atoms with Crippen molar-refractivity contribution < 1.29 is 14.4 Å². The molecule has 1 spiro atoms. The van der Waals surface area contributed by atoms with Crippen LogP contribution in [0.1, 0.15) is 32.3 Å². The Morgan fingerprint density at radius 1 is 1.44 bits per heavy atom. The van der Waals surface area contributed by atoms with Gasteiger partial charge in [0.05, 0.1) is 30.2 Å². The molecule has 3 heterocycles. The largest absolute Gasteiger partial charge is 0.506 e. The fourth-order valence-electron chi connectivity index (χ4n) is 6.97. The number of nitrogens with zero attached hydrogens (tertiary/aromatic N) is 1. The molecule has 0 unspecified atom stereocenters. The Bertz CT molecular complexity index is 788. The molecule has 3 aliphatic heterocycles. The number of rotatable bonds is 2. The van der Waals surface area contributed by atoms with Crippen LogP contribution in [0.15, 0.2) is 29.8 Å². The number of benzene rings is 1. The van der Waals surface area contributed by atoms with Crippen LogP contribution in [0.5, 0.6) is 5.75 Å². The van der Waals surface area contributed by atoms with Crippen LogP contribution < -0.4 is 5.32 Å². The molecule has 1 aliphatic carbocycles. The number of piperidine rings is 1. The van der Waals surface area contributed by atoms with E-state index in [0.29, 0.717) is 17.7 Å². The van der Waals surface area contributed by atoms with Gasteiger partial charge in [-0.3, -0.25) is 0 Å². The average molecular weight is 339 g/mol. The SMILES string of the molecule is C/C=C1\C[N@+]2(CC)CC[C@]34c5cccc(O)c5N[C@@H]3[C@H](C=O)[C@H]1C[C@H]42. The molecule has 6 atom stereocenters. The third-order valence-corrected chi connectivity index (χ3v) is 8.08. The zero-order valence-electron chi connectivity index (χ0n) is 15.0. The number of likely N-dealkylation sites (N-methyl/N-ethyl adjacent to an activating group) is 1. The molecule has 1 aromatic rings. The summed E-state index contributed by atoms with van der Waals surface area (Å²) in [6, 6.07) is 6.57. The van der Waals surface area contributed by atoms with Crippen molar-refractivity contribution in [1.82, 2.24) is 0 Å². The summed E-state index contributed by atoms with van der Waals surface area (Å²) >= 11 is 0. The van der Waals surface area contributed by atoms with Gasteiger partial charge in [-0.2, -0.15) is 0 Å². The molecule has 2 saturated heterocycles. The van der Waals surface area contributed by atoms with Crippen molar-refractivity contribution in [3.8, 4) is 5.75 Å². The molecule has 2 bridgehead atoms. The zero-order chi connectivity index (χ0) is 17.4. The van der Waals surface area contributed by atoms with E-state index in [0.717, 1.165) is 36.1 Å². The van der Waals surface area contributed by atoms with Crippen LogP contribution in [0.4, 0.5) is 5.69 Å². The van der Waals surface area contributed by atoms with Gasteiger partial charge in [-0.15, -0.1) is 0 Å². The number of aromatic hydroxyl groups is 1. The van der Waals surface area contributed by atoms with Gasteiger partial charge in [0.15, 0.2) is 0 Å². The minimum atomic E-state index is -0.00850. The van der Waals surface area contributed by atoms with E-state index in [1.165, 1.54) is 24.0 Å². The highest BCUT2D eigenvalue weighted by Gasteiger charge is 2.71. The molecular weight excluding hydrogens is 312 g/mol. The maximum absolute atomic E-state index is 12.2. The molecule has 4 aliphatic rings. The highest BCUT2D eigenvalue weighted by atomic mass is 16.3. The Morgan fingerprint density at radius 2 is 2.28 bits per heavy atom. The average Bonchev–Trinajstić information content (AvgIpc) is 3.17. The van der Waals surface area contributed by atoms with Gasteiger partial charge >= 0.3 is 0 Å². The molecule has 0 radical (unpaired) electrons. The van der Waals surface area contributed by atoms with E-state index in [9.17, 15) is 9.90 Å². The monoisotopic (exact) mass is 339 g/mol. The van der Waals surface area contributed by atoms with Crippen molar-refractivity contribution >= 4 is 12.0 Å². The number of hydrogen-bond acceptors (Lipinski definition) is 3. The van der Waals surface area contributed by atoms with Gasteiger partial charge in [-0.05, 0) is 31.1 Å². The number of anilines is 1. The van der Waals surface area contributed by atoms with Crippen molar-refractivity contribution in [2.75, 3.05) is 25.0 Å². The van der Waals surface area contributed by atoms with Gasteiger partial charge in [0.1, 0.15) is 24.6 Å². The highest BCUT2D eigenvalue weighted by Crippen LogP contribution is 2.64. The van der Waals surface area contributed by atoms with E-state index in [1.807, 2.05) is 6.07 Å². The van der Waals surface area contributed by atoms with Gasteiger partial charge in [0.25, 0.3) is 0 Å². The molecule has 0 amide bonds. The van der Waals surface area contributed by atoms with Crippen molar-refractivity contribution in [3.63, 3.8) is 0 Å². The van der Waals surface area contributed by atoms with Crippen LogP contribution in [0, 0.1) is 11.8 Å². The van der Waals surface area contributed by atoms with Gasteiger partial charge in [0, 0.05) is 24.7 Å². The summed E-state index contributed by atoms with van der Waals surface area (Å²) in [5, 5.41) is 14.1. The number of allylic oxidation sites excluding steroid dienone is 1. The predicted octanol–water partition coefficient (Wildman–Crippen LogP) is 2.83. The van der Waals surface area contributed by atoms with Crippen LogP contribution in [0.3, 0.4) is 0 Å². The number of para-hydroxylation sites is 1. The number of phenolic OH excluding ortho intramolecular Hbond substituents is 1. The number of fused-ring (bicyclic) bond motifs is 2. The Hall–Kier alpha value is -1.81. The molecular formula is C21H27N2O2+. The maximum Gasteiger partial charge on any atom is 0.138 e. The number of quaternary nitrogens is 1. The first-order valence-corrected chi connectivity index (χ1v) is 9.66. The second-order valence-corrected chi connectivity index (χ2v) is 8.46. The topological polar surface area (TPSA) is 49.3 Å². The maximum atomic E-state index is 12.2. The quantitative estimate of drug-likeness (QED) is 0.377. The molecule has 3 fully saturated rings. The lowest BCUT2D eigenvalue weighted by Gasteiger charge is -2.56. The summed E-state index contributed by atoms with van der Waals surface area (Å²) in [7, 11) is 0. The summed E-state index contributed by atoms with van der Waals surface area (Å²) in [4.78, 5) is 12.2. The van der Waals surface area contributed by atoms with E-state index in [-0.39, 0.29) is 17.4 Å². The van der Waals surface area contributed by atoms with Gasteiger partial charge in [-0.1, -0.05) is 18.2 Å². The van der Waals surface area contributed by atoms with Crippen LogP contribution in [0.2, 0.25) is 0 Å².